The average Bonchev–Trinajstić information content (AvgIpc) is 3.36. The van der Waals surface area contributed by atoms with Gasteiger partial charge >= 0.3 is 0 Å². The molecule has 2 aromatic carbocycles. The van der Waals surface area contributed by atoms with Crippen molar-refractivity contribution in [3.8, 4) is 5.69 Å². The Morgan fingerprint density at radius 3 is 2.58 bits per heavy atom. The van der Waals surface area contributed by atoms with Gasteiger partial charge in [0.1, 0.15) is 6.54 Å². The quantitative estimate of drug-likeness (QED) is 0.582. The van der Waals surface area contributed by atoms with E-state index in [2.05, 4.69) is 46.0 Å². The third-order valence-corrected chi connectivity index (χ3v) is 4.41. The number of tetrazole rings is 1. The minimum atomic E-state index is -0.0455. The van der Waals surface area contributed by atoms with Gasteiger partial charge < -0.3 is 9.73 Å². The van der Waals surface area contributed by atoms with Crippen LogP contribution in [0.25, 0.3) is 5.69 Å². The highest BCUT2D eigenvalue weighted by molar-refractivity contribution is 5.40. The predicted octanol–water partition coefficient (Wildman–Crippen LogP) is 2.42. The molecule has 0 radical (unpaired) electrons. The van der Waals surface area contributed by atoms with E-state index in [-0.39, 0.29) is 6.04 Å². The number of furan rings is 1. The van der Waals surface area contributed by atoms with Gasteiger partial charge in [-0.25, -0.2) is 0 Å². The Bertz CT molecular complexity index is 963. The smallest absolute Gasteiger partial charge is 0.218 e. The third kappa shape index (κ3) is 3.27. The first kappa shape index (κ1) is 16.2. The van der Waals surface area contributed by atoms with Crippen molar-refractivity contribution in [1.29, 1.82) is 0 Å². The molecule has 0 aliphatic heterocycles. The van der Waals surface area contributed by atoms with Gasteiger partial charge in [0.05, 0.1) is 12.0 Å². The van der Waals surface area contributed by atoms with E-state index in [0.717, 1.165) is 28.4 Å². The summed E-state index contributed by atoms with van der Waals surface area (Å²) in [6.07, 6.45) is 1.69. The molecule has 0 saturated heterocycles. The molecule has 6 nitrogen and oxygen atoms in total. The largest absolute Gasteiger partial charge is 0.463 e. The SMILES string of the molecule is Cc1ccccc1-n1nnnc1[C@@H]([NH2+]Cc1ccco1)c1ccccc1. The molecule has 130 valence electrons. The van der Waals surface area contributed by atoms with E-state index in [4.69, 9.17) is 4.42 Å². The van der Waals surface area contributed by atoms with Gasteiger partial charge in [0.25, 0.3) is 0 Å². The standard InChI is InChI=1S/C20H19N5O/c1-15-8-5-6-12-18(15)25-20(22-23-24-25)19(16-9-3-2-4-10-16)21-14-17-11-7-13-26-17/h2-13,19,21H,14H2,1H3/p+1/t19-/m0/s1. The lowest BCUT2D eigenvalue weighted by molar-refractivity contribution is -0.705. The van der Waals surface area contributed by atoms with Crippen molar-refractivity contribution >= 4 is 0 Å². The Labute approximate surface area is 151 Å². The first-order valence-corrected chi connectivity index (χ1v) is 8.58. The zero-order valence-corrected chi connectivity index (χ0v) is 14.5. The van der Waals surface area contributed by atoms with E-state index in [0.29, 0.717) is 6.54 Å². The fraction of sp³-hybridized carbons (Fsp3) is 0.150. The summed E-state index contributed by atoms with van der Waals surface area (Å²) in [5.74, 6) is 1.71. The normalized spacial score (nSPS) is 12.2. The summed E-state index contributed by atoms with van der Waals surface area (Å²) >= 11 is 0. The van der Waals surface area contributed by atoms with Crippen LogP contribution in [-0.4, -0.2) is 20.2 Å². The molecule has 6 heteroatoms. The van der Waals surface area contributed by atoms with Crippen molar-refractivity contribution in [3.63, 3.8) is 0 Å². The van der Waals surface area contributed by atoms with Crippen LogP contribution in [0.5, 0.6) is 0 Å². The highest BCUT2D eigenvalue weighted by atomic mass is 16.3. The molecule has 2 aromatic heterocycles. The molecule has 2 N–H and O–H groups in total. The third-order valence-electron chi connectivity index (χ3n) is 4.41. The van der Waals surface area contributed by atoms with E-state index in [1.54, 1.807) is 6.26 Å². The number of rotatable bonds is 6. The first-order valence-electron chi connectivity index (χ1n) is 8.58. The van der Waals surface area contributed by atoms with Crippen LogP contribution in [0.2, 0.25) is 0 Å². The Kier molecular flexibility index (Phi) is 4.57. The average molecular weight is 346 g/mol. The Balaban J connectivity index is 1.73. The molecule has 4 rings (SSSR count). The number of benzene rings is 2. The highest BCUT2D eigenvalue weighted by Gasteiger charge is 2.26. The van der Waals surface area contributed by atoms with E-state index in [9.17, 15) is 0 Å². The van der Waals surface area contributed by atoms with Gasteiger partial charge in [0.15, 0.2) is 11.8 Å². The maximum absolute atomic E-state index is 5.48. The topological polar surface area (TPSA) is 73.3 Å². The van der Waals surface area contributed by atoms with E-state index in [1.165, 1.54) is 0 Å². The maximum atomic E-state index is 5.48. The summed E-state index contributed by atoms with van der Waals surface area (Å²) in [5, 5.41) is 14.7. The second kappa shape index (κ2) is 7.33. The fourth-order valence-electron chi connectivity index (χ4n) is 3.07. The van der Waals surface area contributed by atoms with Crippen molar-refractivity contribution in [1.82, 2.24) is 20.2 Å². The van der Waals surface area contributed by atoms with Crippen molar-refractivity contribution < 1.29 is 9.73 Å². The van der Waals surface area contributed by atoms with Crippen molar-refractivity contribution in [2.24, 2.45) is 0 Å². The van der Waals surface area contributed by atoms with Crippen molar-refractivity contribution in [3.05, 3.63) is 95.7 Å². The number of quaternary nitrogens is 1. The lowest BCUT2D eigenvalue weighted by Crippen LogP contribution is -2.84. The van der Waals surface area contributed by atoms with Gasteiger partial charge in [0.2, 0.25) is 5.82 Å². The number of aromatic nitrogens is 4. The summed E-state index contributed by atoms with van der Waals surface area (Å²) in [7, 11) is 0. The Morgan fingerprint density at radius 1 is 1.00 bits per heavy atom. The van der Waals surface area contributed by atoms with E-state index in [1.807, 2.05) is 53.2 Å². The molecule has 0 aliphatic carbocycles. The van der Waals surface area contributed by atoms with Gasteiger partial charge in [-0.05, 0) is 41.1 Å². The molecular weight excluding hydrogens is 326 g/mol. The molecule has 0 spiro atoms. The molecule has 0 aliphatic rings. The Hall–Kier alpha value is -3.25. The molecular formula is C20H20N5O+. The molecule has 0 bridgehead atoms. The number of nitrogens with two attached hydrogens (primary N) is 1. The number of hydrogen-bond acceptors (Lipinski definition) is 4. The summed E-state index contributed by atoms with van der Waals surface area (Å²) in [5.41, 5.74) is 3.25. The summed E-state index contributed by atoms with van der Waals surface area (Å²) in [6, 6.07) is 22.2. The molecule has 0 saturated carbocycles. The molecule has 1 atom stereocenters. The van der Waals surface area contributed by atoms with Crippen LogP contribution in [0.1, 0.15) is 28.8 Å². The molecule has 2 heterocycles. The van der Waals surface area contributed by atoms with Gasteiger partial charge in [-0.15, -0.1) is 5.10 Å². The van der Waals surface area contributed by atoms with Gasteiger partial charge in [-0.2, -0.15) is 4.68 Å². The minimum absolute atomic E-state index is 0.0455. The van der Waals surface area contributed by atoms with Crippen molar-refractivity contribution in [2.45, 2.75) is 19.5 Å². The number of nitrogens with zero attached hydrogens (tertiary/aromatic N) is 4. The second-order valence-corrected chi connectivity index (χ2v) is 6.14. The maximum Gasteiger partial charge on any atom is 0.218 e. The number of aryl methyl sites for hydroxylation is 1. The van der Waals surface area contributed by atoms with Crippen molar-refractivity contribution in [2.75, 3.05) is 0 Å². The van der Waals surface area contributed by atoms with Gasteiger partial charge in [-0.1, -0.05) is 48.5 Å². The van der Waals surface area contributed by atoms with Crippen LogP contribution in [-0.2, 0) is 6.54 Å². The highest BCUT2D eigenvalue weighted by Crippen LogP contribution is 2.20. The number of para-hydroxylation sites is 1. The van der Waals surface area contributed by atoms with Crippen LogP contribution >= 0.6 is 0 Å². The first-order chi connectivity index (χ1) is 12.8. The van der Waals surface area contributed by atoms with Crippen LogP contribution < -0.4 is 5.32 Å². The lowest BCUT2D eigenvalue weighted by atomic mass is 10.1. The fourth-order valence-corrected chi connectivity index (χ4v) is 3.07. The van der Waals surface area contributed by atoms with Crippen LogP contribution in [0.15, 0.2) is 77.4 Å². The van der Waals surface area contributed by atoms with Crippen LogP contribution in [0, 0.1) is 6.92 Å². The molecule has 0 unspecified atom stereocenters. The van der Waals surface area contributed by atoms with Crippen LogP contribution in [0.4, 0.5) is 0 Å². The second-order valence-electron chi connectivity index (χ2n) is 6.14. The lowest BCUT2D eigenvalue weighted by Gasteiger charge is -2.16. The van der Waals surface area contributed by atoms with Gasteiger partial charge in [-0.3, -0.25) is 0 Å². The molecule has 26 heavy (non-hydrogen) atoms. The monoisotopic (exact) mass is 346 g/mol. The summed E-state index contributed by atoms with van der Waals surface area (Å²) < 4.78 is 7.31. The zero-order valence-electron chi connectivity index (χ0n) is 14.5. The minimum Gasteiger partial charge on any atom is -0.463 e. The van der Waals surface area contributed by atoms with Crippen LogP contribution in [0.3, 0.4) is 0 Å². The Morgan fingerprint density at radius 2 is 1.81 bits per heavy atom. The summed E-state index contributed by atoms with van der Waals surface area (Å²) in [4.78, 5) is 0. The molecule has 0 fully saturated rings. The summed E-state index contributed by atoms with van der Waals surface area (Å²) in [6.45, 7) is 2.76. The van der Waals surface area contributed by atoms with Gasteiger partial charge in [0, 0.05) is 5.56 Å². The van der Waals surface area contributed by atoms with E-state index >= 15 is 0 Å². The number of hydrogen-bond donors (Lipinski definition) is 1. The predicted molar refractivity (Wildman–Crippen MR) is 96.5 cm³/mol. The van der Waals surface area contributed by atoms with E-state index < -0.39 is 0 Å². The zero-order chi connectivity index (χ0) is 17.8. The molecule has 0 amide bonds. The molecule has 4 aromatic rings.